The van der Waals surface area contributed by atoms with Gasteiger partial charge in [-0.3, -0.25) is 0 Å². The van der Waals surface area contributed by atoms with Crippen LogP contribution in [0.15, 0.2) is 22.6 Å². The van der Waals surface area contributed by atoms with E-state index in [1.54, 1.807) is 32.2 Å². The van der Waals surface area contributed by atoms with E-state index in [9.17, 15) is 0 Å². The van der Waals surface area contributed by atoms with Gasteiger partial charge in [0.2, 0.25) is 5.89 Å². The van der Waals surface area contributed by atoms with Crippen LogP contribution in [-0.4, -0.2) is 22.4 Å². The van der Waals surface area contributed by atoms with Gasteiger partial charge in [-0.05, 0) is 17.7 Å². The number of ether oxygens (including phenoxy) is 2. The molecule has 1 heterocycles. The molecular formula is C12H14N2O4. The summed E-state index contributed by atoms with van der Waals surface area (Å²) in [6.45, 7) is 1.82. The summed E-state index contributed by atoms with van der Waals surface area (Å²) < 4.78 is 15.9. The van der Waals surface area contributed by atoms with Crippen molar-refractivity contribution in [3.05, 3.63) is 35.5 Å². The monoisotopic (exact) mass is 250 g/mol. The van der Waals surface area contributed by atoms with Crippen molar-refractivity contribution in [2.45, 2.75) is 20.1 Å². The zero-order valence-electron chi connectivity index (χ0n) is 10.2. The Morgan fingerprint density at radius 2 is 2.11 bits per heavy atom. The molecule has 1 aromatic heterocycles. The Morgan fingerprint density at radius 3 is 2.72 bits per heavy atom. The molecule has 1 N–H and O–H groups in total. The minimum Gasteiger partial charge on any atom is -0.493 e. The molecule has 1 aromatic carbocycles. The molecule has 0 saturated heterocycles. The number of benzene rings is 1. The molecule has 0 fully saturated rings. The number of nitrogens with zero attached hydrogens (tertiary/aromatic N) is 2. The van der Waals surface area contributed by atoms with Crippen molar-refractivity contribution < 1.29 is 19.0 Å². The molecule has 0 spiro atoms. The zero-order chi connectivity index (χ0) is 13.0. The molecule has 0 bridgehead atoms. The third-order valence-corrected chi connectivity index (χ3v) is 2.33. The Labute approximate surface area is 104 Å². The molecule has 18 heavy (non-hydrogen) atoms. The van der Waals surface area contributed by atoms with Crippen molar-refractivity contribution in [3.63, 3.8) is 0 Å². The fraction of sp³-hybridized carbons (Fsp3) is 0.333. The molecule has 2 rings (SSSR count). The molecule has 0 amide bonds. The van der Waals surface area contributed by atoms with Gasteiger partial charge in [0, 0.05) is 6.92 Å². The lowest BCUT2D eigenvalue weighted by Gasteiger charge is -2.10. The van der Waals surface area contributed by atoms with Gasteiger partial charge in [-0.15, -0.1) is 10.2 Å². The summed E-state index contributed by atoms with van der Waals surface area (Å²) in [5.74, 6) is 2.00. The largest absolute Gasteiger partial charge is 0.493 e. The number of methoxy groups -OCH3 is 1. The van der Waals surface area contributed by atoms with E-state index in [1.165, 1.54) is 0 Å². The van der Waals surface area contributed by atoms with Gasteiger partial charge in [-0.25, -0.2) is 0 Å². The maximum atomic E-state index is 9.08. The van der Waals surface area contributed by atoms with E-state index in [1.807, 2.05) is 0 Å². The van der Waals surface area contributed by atoms with Crippen molar-refractivity contribution in [2.24, 2.45) is 0 Å². The fourth-order valence-corrected chi connectivity index (χ4v) is 1.47. The molecule has 6 heteroatoms. The van der Waals surface area contributed by atoms with Gasteiger partial charge in [0.15, 0.2) is 18.1 Å². The number of hydrogen-bond donors (Lipinski definition) is 1. The zero-order valence-corrected chi connectivity index (χ0v) is 10.2. The topological polar surface area (TPSA) is 77.6 Å². The minimum absolute atomic E-state index is 0.0555. The van der Waals surface area contributed by atoms with Gasteiger partial charge < -0.3 is 19.0 Å². The van der Waals surface area contributed by atoms with Gasteiger partial charge in [0.05, 0.1) is 13.7 Å². The third-order valence-electron chi connectivity index (χ3n) is 2.33. The average molecular weight is 250 g/mol. The molecular weight excluding hydrogens is 236 g/mol. The molecule has 6 nitrogen and oxygen atoms in total. The van der Waals surface area contributed by atoms with Crippen LogP contribution >= 0.6 is 0 Å². The predicted octanol–water partition coefficient (Wildman–Crippen LogP) is 1.46. The molecule has 0 saturated carbocycles. The van der Waals surface area contributed by atoms with Crippen LogP contribution in [0.5, 0.6) is 11.5 Å². The smallest absolute Gasteiger partial charge is 0.253 e. The van der Waals surface area contributed by atoms with Crippen LogP contribution in [0.2, 0.25) is 0 Å². The normalized spacial score (nSPS) is 10.4. The van der Waals surface area contributed by atoms with E-state index < -0.39 is 0 Å². The van der Waals surface area contributed by atoms with Crippen molar-refractivity contribution >= 4 is 0 Å². The maximum absolute atomic E-state index is 9.08. The highest BCUT2D eigenvalue weighted by atomic mass is 16.5. The van der Waals surface area contributed by atoms with E-state index in [0.717, 1.165) is 5.56 Å². The second kappa shape index (κ2) is 5.50. The number of aryl methyl sites for hydroxylation is 1. The number of aliphatic hydroxyl groups is 1. The average Bonchev–Trinajstić information content (AvgIpc) is 2.81. The van der Waals surface area contributed by atoms with Crippen molar-refractivity contribution in [1.29, 1.82) is 0 Å². The highest BCUT2D eigenvalue weighted by Gasteiger charge is 2.08. The first-order chi connectivity index (χ1) is 8.72. The highest BCUT2D eigenvalue weighted by molar-refractivity contribution is 5.42. The van der Waals surface area contributed by atoms with Crippen molar-refractivity contribution in [2.75, 3.05) is 7.11 Å². The Bertz CT molecular complexity index is 525. The summed E-state index contributed by atoms with van der Waals surface area (Å²) >= 11 is 0. The summed E-state index contributed by atoms with van der Waals surface area (Å²) in [7, 11) is 1.55. The summed E-state index contributed by atoms with van der Waals surface area (Å²) in [5, 5.41) is 16.6. The second-order valence-corrected chi connectivity index (χ2v) is 3.65. The van der Waals surface area contributed by atoms with Crippen LogP contribution in [0.25, 0.3) is 0 Å². The van der Waals surface area contributed by atoms with Crippen LogP contribution in [0.1, 0.15) is 17.3 Å². The Kier molecular flexibility index (Phi) is 3.78. The van der Waals surface area contributed by atoms with Crippen LogP contribution < -0.4 is 9.47 Å². The standard InChI is InChI=1S/C12H14N2O4/c1-8-13-14-12(18-8)7-17-11-5-9(6-15)3-4-10(11)16-2/h3-5,15H,6-7H2,1-2H3. The quantitative estimate of drug-likeness (QED) is 0.865. The number of rotatable bonds is 5. The molecule has 0 radical (unpaired) electrons. The molecule has 0 aliphatic carbocycles. The summed E-state index contributed by atoms with van der Waals surface area (Å²) in [5.41, 5.74) is 0.743. The van der Waals surface area contributed by atoms with Crippen LogP contribution in [-0.2, 0) is 13.2 Å². The Balaban J connectivity index is 2.11. The lowest BCUT2D eigenvalue weighted by Crippen LogP contribution is -1.99. The molecule has 0 unspecified atom stereocenters. The fourth-order valence-electron chi connectivity index (χ4n) is 1.47. The van der Waals surface area contributed by atoms with Gasteiger partial charge in [-0.2, -0.15) is 0 Å². The first-order valence-electron chi connectivity index (χ1n) is 5.42. The summed E-state index contributed by atoms with van der Waals surface area (Å²) in [6.07, 6.45) is 0. The summed E-state index contributed by atoms with van der Waals surface area (Å²) in [6, 6.07) is 5.21. The van der Waals surface area contributed by atoms with E-state index in [4.69, 9.17) is 19.0 Å². The maximum Gasteiger partial charge on any atom is 0.253 e. The third kappa shape index (κ3) is 2.78. The van der Waals surface area contributed by atoms with E-state index in [0.29, 0.717) is 23.3 Å². The van der Waals surface area contributed by atoms with E-state index >= 15 is 0 Å². The van der Waals surface area contributed by atoms with Crippen molar-refractivity contribution in [3.8, 4) is 11.5 Å². The second-order valence-electron chi connectivity index (χ2n) is 3.65. The Hall–Kier alpha value is -2.08. The van der Waals surface area contributed by atoms with Gasteiger partial charge in [0.1, 0.15) is 0 Å². The number of aromatic nitrogens is 2. The summed E-state index contributed by atoms with van der Waals surface area (Å²) in [4.78, 5) is 0. The first kappa shape index (κ1) is 12.4. The molecule has 0 aliphatic heterocycles. The predicted molar refractivity (Wildman–Crippen MR) is 62.3 cm³/mol. The van der Waals surface area contributed by atoms with Crippen LogP contribution in [0.3, 0.4) is 0 Å². The number of aliphatic hydroxyl groups excluding tert-OH is 1. The van der Waals surface area contributed by atoms with Crippen molar-refractivity contribution in [1.82, 2.24) is 10.2 Å². The van der Waals surface area contributed by atoms with Gasteiger partial charge in [0.25, 0.3) is 5.89 Å². The number of hydrogen-bond acceptors (Lipinski definition) is 6. The van der Waals surface area contributed by atoms with Crippen LogP contribution in [0, 0.1) is 6.92 Å². The van der Waals surface area contributed by atoms with Crippen LogP contribution in [0.4, 0.5) is 0 Å². The molecule has 0 aliphatic rings. The molecule has 0 atom stereocenters. The van der Waals surface area contributed by atoms with Gasteiger partial charge >= 0.3 is 0 Å². The highest BCUT2D eigenvalue weighted by Crippen LogP contribution is 2.28. The van der Waals surface area contributed by atoms with E-state index in [2.05, 4.69) is 10.2 Å². The Morgan fingerprint density at radius 1 is 1.28 bits per heavy atom. The molecule has 96 valence electrons. The van der Waals surface area contributed by atoms with Gasteiger partial charge in [-0.1, -0.05) is 6.07 Å². The molecule has 2 aromatic rings. The van der Waals surface area contributed by atoms with E-state index in [-0.39, 0.29) is 13.2 Å². The minimum atomic E-state index is -0.0555. The lowest BCUT2D eigenvalue weighted by atomic mass is 10.2. The first-order valence-corrected chi connectivity index (χ1v) is 5.42. The SMILES string of the molecule is COc1ccc(CO)cc1OCc1nnc(C)o1. The lowest BCUT2D eigenvalue weighted by molar-refractivity contribution is 0.245.